The van der Waals surface area contributed by atoms with Crippen LogP contribution in [0, 0.1) is 5.92 Å². The fourth-order valence-corrected chi connectivity index (χ4v) is 6.88. The Labute approximate surface area is 307 Å². The highest BCUT2D eigenvalue weighted by Gasteiger charge is 2.21. The van der Waals surface area contributed by atoms with E-state index < -0.39 is 0 Å². The molecule has 0 heterocycles. The lowest BCUT2D eigenvalue weighted by Gasteiger charge is -2.30. The van der Waals surface area contributed by atoms with E-state index in [1.165, 1.54) is 22.3 Å². The van der Waals surface area contributed by atoms with Crippen molar-refractivity contribution in [1.82, 2.24) is 0 Å². The summed E-state index contributed by atoms with van der Waals surface area (Å²) >= 11 is 0. The molecule has 0 aromatic heterocycles. The quantitative estimate of drug-likeness (QED) is 0.144. The molecule has 1 aliphatic carbocycles. The minimum atomic E-state index is 0.302. The Morgan fingerprint density at radius 2 is 0.769 bits per heavy atom. The number of hydrogen-bond donors (Lipinski definition) is 0. The van der Waals surface area contributed by atoms with Gasteiger partial charge in [-0.2, -0.15) is 0 Å². The van der Waals surface area contributed by atoms with Gasteiger partial charge in [-0.05, 0) is 101 Å². The van der Waals surface area contributed by atoms with Crippen LogP contribution in [0.4, 0.5) is 28.4 Å². The molecule has 0 radical (unpaired) electrons. The van der Waals surface area contributed by atoms with Crippen LogP contribution in [0.25, 0.3) is 22.3 Å². The molecule has 0 fully saturated rings. The minimum Gasteiger partial charge on any atom is -0.462 e. The number of allylic oxidation sites excluding steroid dienone is 3. The molecule has 7 aromatic rings. The Balaban J connectivity index is 1.06. The third-order valence-corrected chi connectivity index (χ3v) is 9.38. The molecule has 52 heavy (non-hydrogen) atoms. The van der Waals surface area contributed by atoms with Gasteiger partial charge in [0.1, 0.15) is 11.5 Å². The summed E-state index contributed by atoms with van der Waals surface area (Å²) in [6, 6.07) is 68.1. The van der Waals surface area contributed by atoms with Crippen molar-refractivity contribution in [2.24, 2.45) is 5.92 Å². The lowest BCUT2D eigenvalue weighted by molar-refractivity contribution is 0.383. The number of ether oxygens (including phenoxy) is 1. The zero-order valence-electron chi connectivity index (χ0n) is 29.2. The highest BCUT2D eigenvalue weighted by molar-refractivity contribution is 5.79. The van der Waals surface area contributed by atoms with E-state index in [1.54, 1.807) is 0 Å². The van der Waals surface area contributed by atoms with Crippen molar-refractivity contribution in [2.75, 3.05) is 9.80 Å². The van der Waals surface area contributed by atoms with Gasteiger partial charge in [-0.1, -0.05) is 134 Å². The summed E-state index contributed by atoms with van der Waals surface area (Å²) in [5.74, 6) is 2.06. The molecule has 0 bridgehead atoms. The van der Waals surface area contributed by atoms with E-state index >= 15 is 0 Å². The Kier molecular flexibility index (Phi) is 9.48. The highest BCUT2D eigenvalue weighted by Crippen LogP contribution is 2.39. The second kappa shape index (κ2) is 15.1. The topological polar surface area (TPSA) is 15.7 Å². The average Bonchev–Trinajstić information content (AvgIpc) is 3.21. The second-order valence-corrected chi connectivity index (χ2v) is 13.1. The number of para-hydroxylation sites is 2. The van der Waals surface area contributed by atoms with Crippen LogP contribution in [0.5, 0.6) is 5.75 Å². The van der Waals surface area contributed by atoms with E-state index in [1.807, 2.05) is 0 Å². The van der Waals surface area contributed by atoms with Gasteiger partial charge in [0.05, 0.1) is 0 Å². The van der Waals surface area contributed by atoms with Gasteiger partial charge in [-0.3, -0.25) is 0 Å². The average molecular weight is 673 g/mol. The Morgan fingerprint density at radius 3 is 1.25 bits per heavy atom. The molecule has 0 amide bonds. The van der Waals surface area contributed by atoms with Crippen LogP contribution in [-0.4, -0.2) is 0 Å². The van der Waals surface area contributed by atoms with Crippen molar-refractivity contribution in [3.63, 3.8) is 0 Å². The smallest absolute Gasteiger partial charge is 0.127 e. The van der Waals surface area contributed by atoms with Crippen molar-refractivity contribution >= 4 is 28.4 Å². The van der Waals surface area contributed by atoms with Crippen molar-refractivity contribution < 1.29 is 4.74 Å². The van der Waals surface area contributed by atoms with Gasteiger partial charge in [-0.25, -0.2) is 0 Å². The molecular weight excluding hydrogens is 633 g/mol. The zero-order valence-corrected chi connectivity index (χ0v) is 29.2. The van der Waals surface area contributed by atoms with Crippen LogP contribution in [-0.2, 0) is 0 Å². The first-order chi connectivity index (χ1) is 25.7. The minimum absolute atomic E-state index is 0.302. The lowest BCUT2D eigenvalue weighted by Crippen LogP contribution is -2.20. The first kappa shape index (κ1) is 32.6. The first-order valence-corrected chi connectivity index (χ1v) is 17.9. The van der Waals surface area contributed by atoms with Gasteiger partial charge in [0, 0.05) is 46.6 Å². The number of nitrogens with zero attached hydrogens (tertiary/aromatic N) is 2. The van der Waals surface area contributed by atoms with Gasteiger partial charge in [0.25, 0.3) is 0 Å². The Bertz CT molecular complexity index is 2260. The summed E-state index contributed by atoms with van der Waals surface area (Å²) in [7, 11) is 0. The van der Waals surface area contributed by atoms with Gasteiger partial charge in [-0.15, -0.1) is 0 Å². The lowest BCUT2D eigenvalue weighted by atomic mass is 9.98. The number of rotatable bonds is 10. The first-order valence-electron chi connectivity index (χ1n) is 17.9. The fraction of sp³-hybridized carbons (Fsp3) is 0.0612. The molecule has 8 rings (SSSR count). The molecular formula is C49H40N2O. The van der Waals surface area contributed by atoms with E-state index in [0.717, 1.165) is 52.1 Å². The third kappa shape index (κ3) is 7.31. The van der Waals surface area contributed by atoms with Gasteiger partial charge < -0.3 is 14.5 Å². The fourth-order valence-electron chi connectivity index (χ4n) is 6.88. The molecule has 0 saturated heterocycles. The SMILES string of the molecule is CC1C=C(N(c2ccccc2)c2ccc(-c3ccccc3)cc2)C=C(Oc2ccc(N(c3ccccc3)c3ccc(-c4ccccc4)cc3)cc2)C1. The van der Waals surface area contributed by atoms with Crippen LogP contribution >= 0.6 is 0 Å². The molecule has 0 aliphatic heterocycles. The van der Waals surface area contributed by atoms with Gasteiger partial charge in [0.15, 0.2) is 0 Å². The summed E-state index contributed by atoms with van der Waals surface area (Å²) in [5.41, 5.74) is 11.4. The maximum absolute atomic E-state index is 6.64. The van der Waals surface area contributed by atoms with E-state index in [2.05, 4.69) is 223 Å². The van der Waals surface area contributed by atoms with Crippen molar-refractivity contribution in [1.29, 1.82) is 0 Å². The molecule has 0 saturated carbocycles. The summed E-state index contributed by atoms with van der Waals surface area (Å²) in [6.07, 6.45) is 5.36. The molecule has 1 atom stereocenters. The van der Waals surface area contributed by atoms with Crippen molar-refractivity contribution in [2.45, 2.75) is 13.3 Å². The predicted molar refractivity (Wildman–Crippen MR) is 218 cm³/mol. The van der Waals surface area contributed by atoms with Gasteiger partial charge >= 0.3 is 0 Å². The zero-order chi connectivity index (χ0) is 35.1. The molecule has 0 N–H and O–H groups in total. The molecule has 1 unspecified atom stereocenters. The molecule has 7 aromatic carbocycles. The van der Waals surface area contributed by atoms with E-state index in [-0.39, 0.29) is 0 Å². The van der Waals surface area contributed by atoms with Crippen LogP contribution in [0.3, 0.4) is 0 Å². The Hall–Kier alpha value is -6.58. The van der Waals surface area contributed by atoms with Crippen molar-refractivity contribution in [3.05, 3.63) is 218 Å². The number of hydrogen-bond acceptors (Lipinski definition) is 3. The molecule has 252 valence electrons. The maximum atomic E-state index is 6.64. The molecule has 0 spiro atoms. The summed E-state index contributed by atoms with van der Waals surface area (Å²) in [4.78, 5) is 4.60. The Morgan fingerprint density at radius 1 is 0.404 bits per heavy atom. The van der Waals surface area contributed by atoms with Crippen LogP contribution in [0.15, 0.2) is 218 Å². The molecule has 3 nitrogen and oxygen atoms in total. The van der Waals surface area contributed by atoms with E-state index in [4.69, 9.17) is 4.74 Å². The summed E-state index contributed by atoms with van der Waals surface area (Å²) in [6.45, 7) is 2.25. The second-order valence-electron chi connectivity index (χ2n) is 13.1. The van der Waals surface area contributed by atoms with Gasteiger partial charge in [0.2, 0.25) is 0 Å². The highest BCUT2D eigenvalue weighted by atomic mass is 16.5. The van der Waals surface area contributed by atoms with Crippen LogP contribution in [0.1, 0.15) is 13.3 Å². The van der Waals surface area contributed by atoms with Crippen LogP contribution < -0.4 is 14.5 Å². The van der Waals surface area contributed by atoms with E-state index in [9.17, 15) is 0 Å². The molecule has 3 heteroatoms. The summed E-state index contributed by atoms with van der Waals surface area (Å²) < 4.78 is 6.64. The van der Waals surface area contributed by atoms with Crippen LogP contribution in [0.2, 0.25) is 0 Å². The predicted octanol–water partition coefficient (Wildman–Crippen LogP) is 13.5. The maximum Gasteiger partial charge on any atom is 0.127 e. The molecule has 1 aliphatic rings. The number of anilines is 5. The third-order valence-electron chi connectivity index (χ3n) is 9.38. The van der Waals surface area contributed by atoms with E-state index in [0.29, 0.717) is 5.92 Å². The normalized spacial score (nSPS) is 13.8. The number of benzene rings is 7. The summed E-state index contributed by atoms with van der Waals surface area (Å²) in [5, 5.41) is 0. The standard InChI is InChI=1S/C49H40N2O/c1-37-34-47(51(43-20-12-5-13-21-43)45-28-24-41(25-29-45)39-16-8-3-9-17-39)36-49(35-37)52-48-32-30-46(31-33-48)50(42-18-10-4-11-19-42)44-26-22-40(23-27-44)38-14-6-2-7-15-38/h2-34,36-37H,35H2,1H3. The largest absolute Gasteiger partial charge is 0.462 e. The monoisotopic (exact) mass is 672 g/mol. The van der Waals surface area contributed by atoms with Crippen molar-refractivity contribution in [3.8, 4) is 28.0 Å².